The molecule has 18 aromatic carbocycles. The zero-order valence-electron chi connectivity index (χ0n) is 89.2. The topological polar surface area (TPSA) is 34.8 Å². The van der Waals surface area contributed by atoms with Gasteiger partial charge in [0, 0.05) is 72.3 Å². The van der Waals surface area contributed by atoms with Gasteiger partial charge in [0.25, 0.3) is 13.4 Å². The summed E-state index contributed by atoms with van der Waals surface area (Å²) in [6.07, 6.45) is 4.44. The molecule has 0 radical (unpaired) electrons. The quantitative estimate of drug-likeness (QED) is 0.121. The van der Waals surface area contributed by atoms with Crippen molar-refractivity contribution in [2.75, 3.05) is 9.80 Å². The van der Waals surface area contributed by atoms with Crippen LogP contribution in [-0.4, -0.2) is 22.6 Å². The van der Waals surface area contributed by atoms with Crippen LogP contribution in [0.3, 0.4) is 0 Å². The van der Waals surface area contributed by atoms with Crippen molar-refractivity contribution in [2.45, 2.75) is 207 Å². The van der Waals surface area contributed by atoms with E-state index in [1.165, 1.54) is 93.6 Å². The van der Waals surface area contributed by atoms with Crippen molar-refractivity contribution in [1.29, 1.82) is 0 Å². The number of hydrogen-bond donors (Lipinski definition) is 0. The Bertz CT molecular complexity index is 8300. The second-order valence-corrected chi connectivity index (χ2v) is 50.1. The first kappa shape index (κ1) is 92.7. The molecule has 0 saturated carbocycles. The van der Waals surface area contributed by atoms with E-state index in [0.29, 0.717) is 0 Å². The van der Waals surface area contributed by atoms with Crippen LogP contribution in [0.5, 0.6) is 23.0 Å². The number of aromatic nitrogens is 2. The molecule has 0 unspecified atom stereocenters. The van der Waals surface area contributed by atoms with Gasteiger partial charge in [-0.1, -0.05) is 369 Å². The first-order valence-corrected chi connectivity index (χ1v) is 53.7. The number of anilines is 6. The van der Waals surface area contributed by atoms with Gasteiger partial charge in [-0.2, -0.15) is 0 Å². The van der Waals surface area contributed by atoms with Crippen LogP contribution in [0.25, 0.3) is 133 Å². The number of nitrogens with zero attached hydrogens (tertiary/aromatic N) is 4. The molecule has 0 bridgehead atoms. The maximum absolute atomic E-state index is 8.00. The molecule has 2 aromatic heterocycles. The highest BCUT2D eigenvalue weighted by Crippen LogP contribution is 2.58. The molecule has 0 spiro atoms. The maximum atomic E-state index is 8.00. The third-order valence-electron chi connectivity index (χ3n) is 34.5. The first-order chi connectivity index (χ1) is 70.9. The molecule has 148 heavy (non-hydrogen) atoms. The maximum Gasteiger partial charge on any atom is 0.260 e. The number of ether oxygens (including phenoxy) is 2. The summed E-state index contributed by atoms with van der Waals surface area (Å²) >= 11 is 0. The fraction of sp³-hybridized carbons (Fsp3) is 0.229. The second kappa shape index (κ2) is 33.2. The molecule has 0 amide bonds. The summed E-state index contributed by atoms with van der Waals surface area (Å²) in [5.41, 5.74) is 46.1. The van der Waals surface area contributed by atoms with Crippen molar-refractivity contribution < 1.29 is 9.47 Å². The fourth-order valence-corrected chi connectivity index (χ4v) is 26.1. The minimum Gasteiger partial charge on any atom is -0.458 e. The Morgan fingerprint density at radius 1 is 0.223 bits per heavy atom. The molecule has 8 heteroatoms. The van der Waals surface area contributed by atoms with E-state index in [4.69, 9.17) is 9.47 Å². The Morgan fingerprint density at radius 3 is 0.899 bits per heavy atom. The van der Waals surface area contributed by atoms with Crippen LogP contribution in [0, 0.1) is 0 Å². The van der Waals surface area contributed by atoms with Crippen molar-refractivity contribution in [1.82, 2.24) is 9.13 Å². The minimum atomic E-state index is -0.358. The van der Waals surface area contributed by atoms with E-state index >= 15 is 0 Å². The van der Waals surface area contributed by atoms with Crippen LogP contribution in [0.15, 0.2) is 364 Å². The van der Waals surface area contributed by atoms with Crippen molar-refractivity contribution in [3.05, 3.63) is 408 Å². The number of rotatable bonds is 11. The van der Waals surface area contributed by atoms with Gasteiger partial charge in [0.15, 0.2) is 0 Å². The molecule has 2 aliphatic carbocycles. The zero-order chi connectivity index (χ0) is 102. The summed E-state index contributed by atoms with van der Waals surface area (Å²) in [6.45, 7) is 47.1. The molecule has 726 valence electrons. The van der Waals surface area contributed by atoms with Gasteiger partial charge < -0.3 is 28.4 Å². The lowest BCUT2D eigenvalue weighted by Gasteiger charge is -2.45. The summed E-state index contributed by atoms with van der Waals surface area (Å²) in [5, 5.41) is 4.96. The average Bonchev–Trinajstić information content (AvgIpc) is 0.897. The third kappa shape index (κ3) is 14.9. The van der Waals surface area contributed by atoms with E-state index < -0.39 is 0 Å². The van der Waals surface area contributed by atoms with Crippen LogP contribution in [-0.2, 0) is 43.3 Å². The highest BCUT2D eigenvalue weighted by Gasteiger charge is 2.49. The van der Waals surface area contributed by atoms with E-state index in [1.54, 1.807) is 0 Å². The molecule has 6 nitrogen and oxygen atoms in total. The molecule has 20 aromatic rings. The Kier molecular flexibility index (Phi) is 20.8. The fourth-order valence-electron chi connectivity index (χ4n) is 26.1. The predicted octanol–water partition coefficient (Wildman–Crippen LogP) is 34.2. The van der Waals surface area contributed by atoms with Crippen LogP contribution in [0.4, 0.5) is 34.1 Å². The predicted molar refractivity (Wildman–Crippen MR) is 630 cm³/mol. The molecule has 0 fully saturated rings. The van der Waals surface area contributed by atoms with E-state index in [9.17, 15) is 0 Å². The monoisotopic (exact) mass is 1920 g/mol. The van der Waals surface area contributed by atoms with Gasteiger partial charge in [-0.05, 0) is 341 Å². The summed E-state index contributed by atoms with van der Waals surface area (Å²) < 4.78 is 21.1. The Morgan fingerprint density at radius 2 is 0.541 bits per heavy atom. The normalized spacial score (nSPS) is 15.5. The largest absolute Gasteiger partial charge is 0.458 e. The Balaban J connectivity index is 0.793. The molecule has 26 rings (SSSR count). The lowest BCUT2D eigenvalue weighted by atomic mass is 9.33. The molecule has 6 heterocycles. The standard InChI is InChI=1S/C140H128B2N4O2/c1-133(2,3)95-51-63-117-105(79-95)106-80-96(134(4,5)6)52-64-118(106)143(117)99-55-59-111-121(83-99)145(115-61-49-89(85-35-25-21-26-36-85)71-103(115)87-39-29-23-30-40-87)123-73-93(94-77-127-132-128(78-94)148-126-76-92(102-44-34-46-110-130(102)140(19,20)70-68-138(110,15)16)48-58-114(126)142(132)113-57-47-91(75-125(113)147-127)101-43-33-45-109-129(101)139(17,18)69-67-137(109,13)14)74-124-131(123)141(111)112-60-56-100(144-119-65-53-97(135(7,8)9)81-107(119)108-82-98(136(10,11)12)54-66-120(108)144)84-122(112)146(124)116-62-50-90(86-37-27-22-28-38-86)72-104(116)88-41-31-24-32-42-88/h21-66,71-84H,67-70H2,1-20H3. The number of benzene rings is 18. The van der Waals surface area contributed by atoms with Crippen molar-refractivity contribution >= 4 is 124 Å². The smallest absolute Gasteiger partial charge is 0.260 e. The van der Waals surface area contributed by atoms with Crippen LogP contribution >= 0.6 is 0 Å². The van der Waals surface area contributed by atoms with Crippen molar-refractivity contribution in [2.24, 2.45) is 0 Å². The molecular weight excluding hydrogens is 1790 g/mol. The van der Waals surface area contributed by atoms with Gasteiger partial charge in [0.1, 0.15) is 23.0 Å². The molecule has 0 N–H and O–H groups in total. The average molecular weight is 1920 g/mol. The zero-order valence-corrected chi connectivity index (χ0v) is 89.2. The SMILES string of the molecule is CC(C)(C)c1ccc2c(c1)c1cc(C(C)(C)C)ccc1n2-c1ccc2c(c1)N(c1ccc(-c3ccccc3)cc1-c1ccccc1)c1cc(-c3cc4c5c(c3)Oc3cc(-c6cccc7c6C(C)(C)CCC7(C)C)ccc3B5c3ccc(-c5cccc6c5C(C)(C)CCC6(C)C)cc3O4)cc3c1B2c1ccc(-n2c4ccc(C(C)(C)C)cc4c4cc(C(C)(C)C)ccc42)cc1N3c1ccc(-c2ccccc2)cc1-c1ccccc1. The Hall–Kier alpha value is -15.1. The van der Waals surface area contributed by atoms with Gasteiger partial charge in [0.2, 0.25) is 0 Å². The molecule has 6 aliphatic rings. The highest BCUT2D eigenvalue weighted by atomic mass is 16.5. The molecular formula is C140H128B2N4O2. The van der Waals surface area contributed by atoms with Crippen LogP contribution in [0.2, 0.25) is 0 Å². The van der Waals surface area contributed by atoms with Crippen molar-refractivity contribution in [3.63, 3.8) is 0 Å². The van der Waals surface area contributed by atoms with Gasteiger partial charge in [0.05, 0.1) is 33.4 Å². The summed E-state index contributed by atoms with van der Waals surface area (Å²) in [5.74, 6) is 3.24. The number of hydrogen-bond acceptors (Lipinski definition) is 4. The highest BCUT2D eigenvalue weighted by molar-refractivity contribution is 7.00. The minimum absolute atomic E-state index is 0.00703. The van der Waals surface area contributed by atoms with Gasteiger partial charge in [-0.15, -0.1) is 0 Å². The first-order valence-electron chi connectivity index (χ1n) is 53.7. The molecule has 4 aliphatic heterocycles. The second-order valence-electron chi connectivity index (χ2n) is 50.1. The van der Waals surface area contributed by atoms with E-state index in [1.807, 2.05) is 0 Å². The van der Waals surface area contributed by atoms with Gasteiger partial charge >= 0.3 is 0 Å². The van der Waals surface area contributed by atoms with Gasteiger partial charge in [-0.3, -0.25) is 0 Å². The summed E-state index contributed by atoms with van der Waals surface area (Å²) in [6, 6.07) is 141. The third-order valence-corrected chi connectivity index (χ3v) is 34.5. The van der Waals surface area contributed by atoms with Crippen LogP contribution < -0.4 is 52.1 Å². The van der Waals surface area contributed by atoms with E-state index in [0.717, 1.165) is 199 Å². The van der Waals surface area contributed by atoms with Crippen molar-refractivity contribution in [3.8, 4) is 112 Å². The van der Waals surface area contributed by atoms with Gasteiger partial charge in [-0.25, -0.2) is 0 Å². The van der Waals surface area contributed by atoms with Crippen LogP contribution in [0.1, 0.15) is 209 Å². The lowest BCUT2D eigenvalue weighted by Crippen LogP contribution is -2.61. The lowest BCUT2D eigenvalue weighted by molar-refractivity contribution is 0.333. The molecule has 0 saturated heterocycles. The number of fused-ring (bicyclic) bond motifs is 16. The molecule has 0 atom stereocenters. The summed E-state index contributed by atoms with van der Waals surface area (Å²) in [7, 11) is 0. The van der Waals surface area contributed by atoms with E-state index in [2.05, 4.69) is 521 Å². The van der Waals surface area contributed by atoms with E-state index in [-0.39, 0.29) is 56.7 Å². The summed E-state index contributed by atoms with van der Waals surface area (Å²) in [4.78, 5) is 5.39. The Labute approximate surface area is 874 Å².